The summed E-state index contributed by atoms with van der Waals surface area (Å²) in [5, 5.41) is 3.23. The summed E-state index contributed by atoms with van der Waals surface area (Å²) in [5.74, 6) is 0.126. The van der Waals surface area contributed by atoms with Crippen LogP contribution in [0.1, 0.15) is 17.3 Å². The van der Waals surface area contributed by atoms with Gasteiger partial charge in [-0.2, -0.15) is 4.98 Å². The smallest absolute Gasteiger partial charge is 0.256 e. The van der Waals surface area contributed by atoms with Gasteiger partial charge >= 0.3 is 0 Å². The molecule has 0 fully saturated rings. The molecule has 0 saturated carbocycles. The second-order valence-electron chi connectivity index (χ2n) is 5.48. The van der Waals surface area contributed by atoms with Gasteiger partial charge in [-0.15, -0.1) is 0 Å². The largest absolute Gasteiger partial charge is 0.497 e. The lowest BCUT2D eigenvalue weighted by Crippen LogP contribution is -2.28. The van der Waals surface area contributed by atoms with E-state index in [2.05, 4.69) is 15.3 Å². The van der Waals surface area contributed by atoms with Crippen LogP contribution in [0.15, 0.2) is 35.3 Å². The summed E-state index contributed by atoms with van der Waals surface area (Å²) in [5.41, 5.74) is 11.5. The number of primary amides is 1. The number of methoxy groups -OCH3 is 1. The molecule has 0 bridgehead atoms. The van der Waals surface area contributed by atoms with Crippen molar-refractivity contribution in [3.8, 4) is 5.75 Å². The van der Waals surface area contributed by atoms with Gasteiger partial charge in [0.05, 0.1) is 12.5 Å². The molecule has 3 aromatic rings. The summed E-state index contributed by atoms with van der Waals surface area (Å²) in [7, 11) is 1.59. The molecule has 0 saturated heterocycles. The number of pyridine rings is 1. The number of nitrogens with zero attached hydrogens (tertiary/aromatic N) is 3. The second-order valence-corrected chi connectivity index (χ2v) is 5.48. The van der Waals surface area contributed by atoms with E-state index in [1.54, 1.807) is 23.8 Å². The Morgan fingerprint density at radius 1 is 1.31 bits per heavy atom. The molecule has 0 atom stereocenters. The Kier molecular flexibility index (Phi) is 4.44. The summed E-state index contributed by atoms with van der Waals surface area (Å²) in [4.78, 5) is 32.6. The number of aromatic nitrogens is 3. The molecule has 134 valence electrons. The summed E-state index contributed by atoms with van der Waals surface area (Å²) in [6, 6.07) is 7.21. The van der Waals surface area contributed by atoms with Gasteiger partial charge in [0.2, 0.25) is 11.4 Å². The predicted octanol–water partition coefficient (Wildman–Crippen LogP) is 1.24. The second kappa shape index (κ2) is 6.71. The molecule has 0 aliphatic carbocycles. The normalized spacial score (nSPS) is 10.7. The molecule has 1 aromatic carbocycles. The van der Waals surface area contributed by atoms with Gasteiger partial charge in [0.15, 0.2) is 5.65 Å². The number of nitrogen functional groups attached to an aromatic ring is 1. The molecule has 5 N–H and O–H groups in total. The van der Waals surface area contributed by atoms with Crippen molar-refractivity contribution in [2.45, 2.75) is 13.5 Å². The van der Waals surface area contributed by atoms with E-state index in [9.17, 15) is 9.59 Å². The van der Waals surface area contributed by atoms with Crippen molar-refractivity contribution in [2.24, 2.45) is 5.73 Å². The van der Waals surface area contributed by atoms with Gasteiger partial charge in [-0.1, -0.05) is 0 Å². The number of hydrogen-bond donors (Lipinski definition) is 3. The number of carbonyl (C=O) groups is 1. The first-order valence-electron chi connectivity index (χ1n) is 7.86. The Morgan fingerprint density at radius 2 is 2.00 bits per heavy atom. The minimum Gasteiger partial charge on any atom is -0.497 e. The highest BCUT2D eigenvalue weighted by Crippen LogP contribution is 2.21. The predicted molar refractivity (Wildman–Crippen MR) is 98.7 cm³/mol. The van der Waals surface area contributed by atoms with E-state index in [1.807, 2.05) is 19.1 Å². The van der Waals surface area contributed by atoms with Crippen LogP contribution in [0.4, 0.5) is 17.5 Å². The molecule has 1 amide bonds. The van der Waals surface area contributed by atoms with Gasteiger partial charge in [0.25, 0.3) is 5.91 Å². The van der Waals surface area contributed by atoms with Crippen LogP contribution in [0.5, 0.6) is 5.75 Å². The van der Waals surface area contributed by atoms with Crippen LogP contribution in [0.2, 0.25) is 0 Å². The van der Waals surface area contributed by atoms with Crippen molar-refractivity contribution in [3.05, 3.63) is 46.2 Å². The first-order valence-corrected chi connectivity index (χ1v) is 7.86. The number of benzene rings is 1. The Morgan fingerprint density at radius 3 is 2.58 bits per heavy atom. The Labute approximate surface area is 148 Å². The minimum atomic E-state index is -0.878. The van der Waals surface area contributed by atoms with Crippen LogP contribution in [0.25, 0.3) is 11.0 Å². The Bertz CT molecular complexity index is 1040. The lowest BCUT2D eigenvalue weighted by molar-refractivity contribution is 0.1000. The van der Waals surface area contributed by atoms with Crippen LogP contribution < -0.4 is 26.9 Å². The van der Waals surface area contributed by atoms with Crippen LogP contribution in [-0.2, 0) is 6.54 Å². The average molecular weight is 354 g/mol. The highest BCUT2D eigenvalue weighted by atomic mass is 16.5. The van der Waals surface area contributed by atoms with Crippen molar-refractivity contribution in [1.82, 2.24) is 14.5 Å². The number of hydrogen-bond acceptors (Lipinski definition) is 7. The van der Waals surface area contributed by atoms with Gasteiger partial charge in [-0.05, 0) is 31.2 Å². The topological polar surface area (TPSA) is 138 Å². The van der Waals surface area contributed by atoms with E-state index >= 15 is 0 Å². The molecule has 2 heterocycles. The fourth-order valence-electron chi connectivity index (χ4n) is 2.66. The summed E-state index contributed by atoms with van der Waals surface area (Å²) >= 11 is 0. The number of fused-ring (bicyclic) bond motifs is 1. The molecule has 0 aliphatic heterocycles. The highest BCUT2D eigenvalue weighted by Gasteiger charge is 2.19. The third kappa shape index (κ3) is 2.90. The number of amides is 1. The van der Waals surface area contributed by atoms with Gasteiger partial charge in [-0.25, -0.2) is 4.98 Å². The summed E-state index contributed by atoms with van der Waals surface area (Å²) < 4.78 is 6.67. The van der Waals surface area contributed by atoms with Crippen LogP contribution in [0.3, 0.4) is 0 Å². The average Bonchev–Trinajstić information content (AvgIpc) is 2.62. The lowest BCUT2D eigenvalue weighted by atomic mass is 10.2. The Hall–Kier alpha value is -3.62. The van der Waals surface area contributed by atoms with E-state index in [0.29, 0.717) is 12.2 Å². The van der Waals surface area contributed by atoms with Crippen molar-refractivity contribution in [1.29, 1.82) is 0 Å². The van der Waals surface area contributed by atoms with E-state index in [0.717, 1.165) is 11.4 Å². The van der Waals surface area contributed by atoms with Crippen molar-refractivity contribution in [2.75, 3.05) is 18.2 Å². The molecule has 9 heteroatoms. The van der Waals surface area contributed by atoms with Crippen molar-refractivity contribution >= 4 is 34.4 Å². The molecule has 0 radical (unpaired) electrons. The fourth-order valence-corrected chi connectivity index (χ4v) is 2.66. The Balaban J connectivity index is 2.11. The van der Waals surface area contributed by atoms with Crippen LogP contribution >= 0.6 is 0 Å². The third-order valence-electron chi connectivity index (χ3n) is 3.95. The number of aryl methyl sites for hydroxylation is 1. The molecule has 0 unspecified atom stereocenters. The van der Waals surface area contributed by atoms with Gasteiger partial charge < -0.3 is 26.1 Å². The van der Waals surface area contributed by atoms with Crippen LogP contribution in [0, 0.1) is 0 Å². The number of nitrogens with one attached hydrogen (secondary N) is 1. The number of rotatable bonds is 5. The fraction of sp³-hybridized carbons (Fsp3) is 0.176. The maximum absolute atomic E-state index is 12.5. The van der Waals surface area contributed by atoms with Gasteiger partial charge in [-0.3, -0.25) is 9.59 Å². The molecule has 2 aromatic heterocycles. The van der Waals surface area contributed by atoms with Gasteiger partial charge in [0, 0.05) is 18.4 Å². The van der Waals surface area contributed by atoms with E-state index in [-0.39, 0.29) is 22.7 Å². The third-order valence-corrected chi connectivity index (χ3v) is 3.95. The first-order chi connectivity index (χ1) is 12.5. The number of ether oxygens (including phenoxy) is 1. The van der Waals surface area contributed by atoms with E-state index in [1.165, 1.54) is 6.20 Å². The number of anilines is 3. The minimum absolute atomic E-state index is 0.00778. The molecule has 3 rings (SSSR count). The molecule has 0 spiro atoms. The molecule has 9 nitrogen and oxygen atoms in total. The number of carbonyl (C=O) groups excluding carboxylic acids is 1. The van der Waals surface area contributed by atoms with E-state index < -0.39 is 11.3 Å². The zero-order valence-electron chi connectivity index (χ0n) is 14.3. The lowest BCUT2D eigenvalue weighted by Gasteiger charge is -2.14. The highest BCUT2D eigenvalue weighted by molar-refractivity contribution is 6.00. The van der Waals surface area contributed by atoms with Crippen molar-refractivity contribution < 1.29 is 9.53 Å². The molecule has 0 aliphatic rings. The maximum Gasteiger partial charge on any atom is 0.256 e. The van der Waals surface area contributed by atoms with Gasteiger partial charge in [0.1, 0.15) is 17.1 Å². The first kappa shape index (κ1) is 17.2. The molecular weight excluding hydrogens is 336 g/mol. The van der Waals surface area contributed by atoms with Crippen LogP contribution in [-0.4, -0.2) is 27.6 Å². The standard InChI is InChI=1S/C17H18N6O3/c1-3-23-14(18)12(15(19)25)13(24)11-8-20-17(22-16(11)23)21-9-4-6-10(26-2)7-5-9/h4-8H,3,18H2,1-2H3,(H2,19,25)(H,20,21,22). The van der Waals surface area contributed by atoms with E-state index in [4.69, 9.17) is 16.2 Å². The quantitative estimate of drug-likeness (QED) is 0.626. The molecular formula is C17H18N6O3. The monoisotopic (exact) mass is 354 g/mol. The maximum atomic E-state index is 12.5. The van der Waals surface area contributed by atoms with Crippen molar-refractivity contribution in [3.63, 3.8) is 0 Å². The number of nitrogens with two attached hydrogens (primary N) is 2. The summed E-state index contributed by atoms with van der Waals surface area (Å²) in [6.07, 6.45) is 1.36. The summed E-state index contributed by atoms with van der Waals surface area (Å²) in [6.45, 7) is 2.23. The SMILES string of the molecule is CCn1c(N)c(C(N)=O)c(=O)c2cnc(Nc3ccc(OC)cc3)nc21. The molecule has 26 heavy (non-hydrogen) atoms. The zero-order chi connectivity index (χ0) is 18.8. The zero-order valence-corrected chi connectivity index (χ0v) is 14.3.